The van der Waals surface area contributed by atoms with Crippen molar-refractivity contribution in [2.24, 2.45) is 10.9 Å². The number of amides is 1. The van der Waals surface area contributed by atoms with Crippen LogP contribution in [0.25, 0.3) is 0 Å². The molecule has 0 aliphatic carbocycles. The molecule has 5 nitrogen and oxygen atoms in total. The van der Waals surface area contributed by atoms with Gasteiger partial charge in [-0.25, -0.2) is 0 Å². The van der Waals surface area contributed by atoms with Gasteiger partial charge in [0.25, 0.3) is 5.91 Å². The number of carboxylic acid groups (broad SMARTS) is 1. The van der Waals surface area contributed by atoms with E-state index in [1.165, 1.54) is 13.3 Å². The van der Waals surface area contributed by atoms with Crippen LogP contribution < -0.4 is 5.32 Å². The largest absolute Gasteiger partial charge is 0.481 e. The van der Waals surface area contributed by atoms with Crippen molar-refractivity contribution < 1.29 is 14.7 Å². The zero-order valence-corrected chi connectivity index (χ0v) is 5.94. The van der Waals surface area contributed by atoms with Gasteiger partial charge in [0.15, 0.2) is 0 Å². The number of carboxylic acids is 1. The average Bonchev–Trinajstić information content (AvgIpc) is 2.33. The fourth-order valence-electron chi connectivity index (χ4n) is 0.825. The summed E-state index contributed by atoms with van der Waals surface area (Å²) < 4.78 is 0. The summed E-state index contributed by atoms with van der Waals surface area (Å²) in [7, 11) is 0. The summed E-state index contributed by atoms with van der Waals surface area (Å²) in [6.45, 7) is 1.45. The maximum atomic E-state index is 10.8. The van der Waals surface area contributed by atoms with E-state index in [0.29, 0.717) is 0 Å². The van der Waals surface area contributed by atoms with Crippen LogP contribution in [-0.2, 0) is 9.59 Å². The normalized spacial score (nSPS) is 24.8. The van der Waals surface area contributed by atoms with E-state index in [0.717, 1.165) is 0 Å². The lowest BCUT2D eigenvalue weighted by atomic mass is 10.0. The molecule has 1 heterocycles. The van der Waals surface area contributed by atoms with Crippen molar-refractivity contribution in [3.63, 3.8) is 0 Å². The number of aliphatic carboxylic acids is 1. The van der Waals surface area contributed by atoms with E-state index < -0.39 is 17.9 Å². The summed E-state index contributed by atoms with van der Waals surface area (Å²) >= 11 is 0. The Morgan fingerprint density at radius 2 is 2.55 bits per heavy atom. The van der Waals surface area contributed by atoms with Crippen LogP contribution in [0.4, 0.5) is 0 Å². The standard InChI is InChI=1S/C6H8N2O3/c1-3(6(10)11)4-5(9)8-2-7-4/h2-4H,1H3,(H,10,11)(H,7,8,9). The van der Waals surface area contributed by atoms with Gasteiger partial charge in [-0.2, -0.15) is 0 Å². The molecule has 1 aliphatic rings. The first kappa shape index (κ1) is 7.71. The first-order chi connectivity index (χ1) is 5.13. The Bertz CT molecular complexity index is 224. The van der Waals surface area contributed by atoms with E-state index in [1.807, 2.05) is 0 Å². The summed E-state index contributed by atoms with van der Waals surface area (Å²) in [5.41, 5.74) is 0. The Kier molecular flexibility index (Phi) is 1.89. The minimum Gasteiger partial charge on any atom is -0.481 e. The summed E-state index contributed by atoms with van der Waals surface area (Å²) in [5.74, 6) is -2.11. The van der Waals surface area contributed by atoms with E-state index in [2.05, 4.69) is 10.3 Å². The van der Waals surface area contributed by atoms with Crippen molar-refractivity contribution in [2.75, 3.05) is 0 Å². The first-order valence-corrected chi connectivity index (χ1v) is 3.17. The molecule has 0 aromatic carbocycles. The van der Waals surface area contributed by atoms with Gasteiger partial charge in [0.1, 0.15) is 6.04 Å². The number of aliphatic imine (C=N–C) groups is 1. The molecule has 11 heavy (non-hydrogen) atoms. The van der Waals surface area contributed by atoms with Gasteiger partial charge >= 0.3 is 5.97 Å². The van der Waals surface area contributed by atoms with Crippen molar-refractivity contribution >= 4 is 18.2 Å². The maximum Gasteiger partial charge on any atom is 0.308 e. The third-order valence-electron chi connectivity index (χ3n) is 1.57. The third-order valence-corrected chi connectivity index (χ3v) is 1.57. The van der Waals surface area contributed by atoms with Crippen molar-refractivity contribution in [3.05, 3.63) is 0 Å². The highest BCUT2D eigenvalue weighted by Gasteiger charge is 2.31. The maximum absolute atomic E-state index is 10.8. The summed E-state index contributed by atoms with van der Waals surface area (Å²) in [5, 5.41) is 10.8. The monoisotopic (exact) mass is 156 g/mol. The molecular weight excluding hydrogens is 148 g/mol. The number of carbonyl (C=O) groups is 2. The van der Waals surface area contributed by atoms with Gasteiger partial charge in [-0.05, 0) is 6.92 Å². The molecule has 0 spiro atoms. The van der Waals surface area contributed by atoms with Gasteiger partial charge in [-0.15, -0.1) is 0 Å². The molecule has 0 fully saturated rings. The van der Waals surface area contributed by atoms with E-state index in [-0.39, 0.29) is 5.91 Å². The Morgan fingerprint density at radius 3 is 2.91 bits per heavy atom. The summed E-state index contributed by atoms with van der Waals surface area (Å²) in [6.07, 6.45) is 1.23. The topological polar surface area (TPSA) is 78.8 Å². The molecule has 0 aromatic rings. The minimum absolute atomic E-state index is 0.347. The SMILES string of the molecule is CC(C(=O)O)C1N=CNC1=O. The predicted molar refractivity (Wildman–Crippen MR) is 37.2 cm³/mol. The van der Waals surface area contributed by atoms with E-state index in [9.17, 15) is 9.59 Å². The van der Waals surface area contributed by atoms with Crippen LogP contribution in [-0.4, -0.2) is 29.4 Å². The van der Waals surface area contributed by atoms with Crippen LogP contribution in [0, 0.1) is 5.92 Å². The lowest BCUT2D eigenvalue weighted by Gasteiger charge is -2.08. The third kappa shape index (κ3) is 1.36. The predicted octanol–water partition coefficient (Wildman–Crippen LogP) is -0.766. The molecule has 1 aliphatic heterocycles. The minimum atomic E-state index is -1.01. The molecule has 0 saturated carbocycles. The summed E-state index contributed by atoms with van der Waals surface area (Å²) in [4.78, 5) is 24.9. The molecule has 2 N–H and O–H groups in total. The van der Waals surface area contributed by atoms with Crippen molar-refractivity contribution in [1.82, 2.24) is 5.32 Å². The van der Waals surface area contributed by atoms with Gasteiger partial charge in [0, 0.05) is 0 Å². The van der Waals surface area contributed by atoms with Crippen LogP contribution in [0.15, 0.2) is 4.99 Å². The molecule has 1 rings (SSSR count). The van der Waals surface area contributed by atoms with E-state index >= 15 is 0 Å². The molecule has 2 atom stereocenters. The zero-order valence-electron chi connectivity index (χ0n) is 5.94. The number of nitrogens with zero attached hydrogens (tertiary/aromatic N) is 1. The average molecular weight is 156 g/mol. The lowest BCUT2D eigenvalue weighted by molar-refractivity contribution is -0.143. The van der Waals surface area contributed by atoms with Crippen LogP contribution >= 0.6 is 0 Å². The van der Waals surface area contributed by atoms with Crippen LogP contribution in [0.2, 0.25) is 0 Å². The van der Waals surface area contributed by atoms with Crippen molar-refractivity contribution in [1.29, 1.82) is 0 Å². The Balaban J connectivity index is 2.67. The fourth-order valence-corrected chi connectivity index (χ4v) is 0.825. The Morgan fingerprint density at radius 1 is 1.91 bits per heavy atom. The number of hydrogen-bond donors (Lipinski definition) is 2. The van der Waals surface area contributed by atoms with E-state index in [1.54, 1.807) is 0 Å². The van der Waals surface area contributed by atoms with Crippen molar-refractivity contribution in [3.8, 4) is 0 Å². The molecule has 0 bridgehead atoms. The lowest BCUT2D eigenvalue weighted by Crippen LogP contribution is -2.33. The molecule has 5 heteroatoms. The van der Waals surface area contributed by atoms with Crippen LogP contribution in [0.5, 0.6) is 0 Å². The number of nitrogens with one attached hydrogen (secondary N) is 1. The second-order valence-corrected chi connectivity index (χ2v) is 2.36. The van der Waals surface area contributed by atoms with Gasteiger partial charge in [-0.1, -0.05) is 0 Å². The number of rotatable bonds is 2. The highest BCUT2D eigenvalue weighted by atomic mass is 16.4. The molecule has 2 unspecified atom stereocenters. The number of hydrogen-bond acceptors (Lipinski definition) is 3. The second kappa shape index (κ2) is 2.69. The molecule has 60 valence electrons. The van der Waals surface area contributed by atoms with Gasteiger partial charge in [0.05, 0.1) is 12.3 Å². The Labute approximate surface area is 63.1 Å². The van der Waals surface area contributed by atoms with Crippen LogP contribution in [0.1, 0.15) is 6.92 Å². The molecule has 0 aromatic heterocycles. The smallest absolute Gasteiger partial charge is 0.308 e. The molecule has 0 saturated heterocycles. The van der Waals surface area contributed by atoms with Gasteiger partial charge in [0.2, 0.25) is 0 Å². The number of carbonyl (C=O) groups excluding carboxylic acids is 1. The van der Waals surface area contributed by atoms with Crippen LogP contribution in [0.3, 0.4) is 0 Å². The zero-order chi connectivity index (χ0) is 8.43. The molecule has 0 radical (unpaired) electrons. The highest BCUT2D eigenvalue weighted by Crippen LogP contribution is 2.09. The molecule has 1 amide bonds. The second-order valence-electron chi connectivity index (χ2n) is 2.36. The molecular formula is C6H8N2O3. The van der Waals surface area contributed by atoms with Crippen molar-refractivity contribution in [2.45, 2.75) is 13.0 Å². The highest BCUT2D eigenvalue weighted by molar-refractivity contribution is 5.98. The quantitative estimate of drug-likeness (QED) is 0.551. The summed E-state index contributed by atoms with van der Waals surface area (Å²) in [6, 6.07) is -0.757. The Hall–Kier alpha value is -1.39. The first-order valence-electron chi connectivity index (χ1n) is 3.17. The van der Waals surface area contributed by atoms with E-state index in [4.69, 9.17) is 5.11 Å². The fraction of sp³-hybridized carbons (Fsp3) is 0.500. The van der Waals surface area contributed by atoms with Gasteiger partial charge < -0.3 is 10.4 Å². The van der Waals surface area contributed by atoms with Gasteiger partial charge in [-0.3, -0.25) is 14.6 Å².